The number of hydrogen-bond acceptors (Lipinski definition) is 3. The number of nitrogens with zero attached hydrogens (tertiary/aromatic N) is 1. The third-order valence-corrected chi connectivity index (χ3v) is 6.28. The molecule has 3 rings (SSSR count). The topological polar surface area (TPSA) is 49.4 Å². The van der Waals surface area contributed by atoms with Gasteiger partial charge in [-0.2, -0.15) is 0 Å². The summed E-state index contributed by atoms with van der Waals surface area (Å²) in [6.45, 7) is 2.21. The molecular formula is C19H24N2O2S. The molecular weight excluding hydrogens is 320 g/mol. The van der Waals surface area contributed by atoms with Crippen molar-refractivity contribution in [1.82, 2.24) is 10.2 Å². The predicted molar refractivity (Wildman–Crippen MR) is 98.6 cm³/mol. The van der Waals surface area contributed by atoms with E-state index in [1.807, 2.05) is 24.3 Å². The lowest BCUT2D eigenvalue weighted by Crippen LogP contribution is -2.54. The minimum absolute atomic E-state index is 0.00463. The van der Waals surface area contributed by atoms with Gasteiger partial charge in [0.2, 0.25) is 5.91 Å². The number of thioether (sulfide) groups is 1. The van der Waals surface area contributed by atoms with Crippen LogP contribution in [-0.2, 0) is 9.59 Å². The van der Waals surface area contributed by atoms with Crippen LogP contribution >= 0.6 is 11.8 Å². The Hall–Kier alpha value is -1.75. The van der Waals surface area contributed by atoms with E-state index in [2.05, 4.69) is 18.3 Å². The van der Waals surface area contributed by atoms with Gasteiger partial charge >= 0.3 is 0 Å². The molecule has 2 amide bonds. The van der Waals surface area contributed by atoms with Gasteiger partial charge < -0.3 is 10.2 Å². The summed E-state index contributed by atoms with van der Waals surface area (Å²) in [6.07, 6.45) is 6.43. The second kappa shape index (κ2) is 7.43. The Kier molecular flexibility index (Phi) is 5.29. The minimum atomic E-state index is -0.102. The van der Waals surface area contributed by atoms with Crippen LogP contribution in [0.2, 0.25) is 0 Å². The van der Waals surface area contributed by atoms with E-state index in [-0.39, 0.29) is 24.4 Å². The lowest BCUT2D eigenvalue weighted by atomic mass is 9.93. The molecule has 1 aromatic carbocycles. The monoisotopic (exact) mass is 344 g/mol. The number of likely N-dealkylation sites (N-methyl/N-ethyl adjacent to an activating group) is 1. The molecule has 1 saturated heterocycles. The van der Waals surface area contributed by atoms with E-state index in [4.69, 9.17) is 0 Å². The van der Waals surface area contributed by atoms with Crippen LogP contribution in [0.4, 0.5) is 0 Å². The number of carbonyl (C=O) groups is 2. The fourth-order valence-electron chi connectivity index (χ4n) is 3.49. The van der Waals surface area contributed by atoms with Crippen molar-refractivity contribution in [1.29, 1.82) is 0 Å². The van der Waals surface area contributed by atoms with E-state index in [1.165, 1.54) is 6.42 Å². The molecule has 4 nitrogen and oxygen atoms in total. The van der Waals surface area contributed by atoms with Gasteiger partial charge in [-0.15, -0.1) is 11.8 Å². The number of amides is 2. The van der Waals surface area contributed by atoms with Gasteiger partial charge in [0.15, 0.2) is 0 Å². The number of nitrogens with one attached hydrogen (secondary N) is 1. The Balaban J connectivity index is 1.91. The second-order valence-electron chi connectivity index (χ2n) is 6.48. The smallest absolute Gasteiger partial charge is 0.261 e. The summed E-state index contributed by atoms with van der Waals surface area (Å²) in [4.78, 5) is 27.4. The number of carbonyl (C=O) groups excluding carboxylic acids is 2. The van der Waals surface area contributed by atoms with E-state index in [9.17, 15) is 9.59 Å². The number of hydrogen-bond donors (Lipinski definition) is 1. The second-order valence-corrected chi connectivity index (χ2v) is 7.76. The van der Waals surface area contributed by atoms with Crippen LogP contribution in [0, 0.1) is 6.92 Å². The quantitative estimate of drug-likeness (QED) is 0.858. The Morgan fingerprint density at radius 3 is 2.83 bits per heavy atom. The first-order valence-electron chi connectivity index (χ1n) is 8.55. The van der Waals surface area contributed by atoms with Gasteiger partial charge in [0.05, 0.1) is 4.91 Å². The molecule has 1 heterocycles. The van der Waals surface area contributed by atoms with E-state index in [1.54, 1.807) is 23.7 Å². The van der Waals surface area contributed by atoms with E-state index >= 15 is 0 Å². The highest BCUT2D eigenvalue weighted by molar-refractivity contribution is 8.04. The van der Waals surface area contributed by atoms with Crippen LogP contribution in [0.25, 0.3) is 6.08 Å². The van der Waals surface area contributed by atoms with Crippen molar-refractivity contribution in [2.45, 2.75) is 43.9 Å². The molecule has 1 aliphatic heterocycles. The van der Waals surface area contributed by atoms with Crippen LogP contribution in [0.1, 0.15) is 36.8 Å². The zero-order chi connectivity index (χ0) is 17.1. The summed E-state index contributed by atoms with van der Waals surface area (Å²) in [5.41, 5.74) is 2.23. The molecule has 128 valence electrons. The third-order valence-electron chi connectivity index (χ3n) is 4.89. The molecule has 1 aromatic rings. The minimum Gasteiger partial charge on any atom is -0.358 e. The van der Waals surface area contributed by atoms with Crippen LogP contribution in [0.5, 0.6) is 0 Å². The zero-order valence-corrected chi connectivity index (χ0v) is 15.1. The molecule has 0 spiro atoms. The standard InChI is InChI=1S/C19H24N2O2S/c1-13-7-3-4-8-14(13)11-17-19(23)21(12-18(22)20-2)15-9-5-6-10-16(15)24-17/h3-4,7-8,11,15-16H,5-6,9-10,12H2,1-2H3,(H,20,22)/b17-11-. The fraction of sp³-hybridized carbons (Fsp3) is 0.474. The fourth-order valence-corrected chi connectivity index (χ4v) is 4.95. The molecule has 5 heteroatoms. The molecule has 0 radical (unpaired) electrons. The molecule has 0 aromatic heterocycles. The van der Waals surface area contributed by atoms with Gasteiger partial charge in [-0.25, -0.2) is 0 Å². The summed E-state index contributed by atoms with van der Waals surface area (Å²) in [5.74, 6) is -0.107. The molecule has 1 saturated carbocycles. The number of rotatable bonds is 3. The SMILES string of the molecule is CNC(=O)CN1C(=O)/C(=C/c2ccccc2C)SC2CCCCC21. The van der Waals surface area contributed by atoms with Gasteiger partial charge in [0.25, 0.3) is 5.91 Å². The summed E-state index contributed by atoms with van der Waals surface area (Å²) in [6, 6.07) is 8.26. The number of fused-ring (bicyclic) bond motifs is 1. The predicted octanol–water partition coefficient (Wildman–Crippen LogP) is 2.97. The van der Waals surface area contributed by atoms with Crippen molar-refractivity contribution in [3.63, 3.8) is 0 Å². The zero-order valence-electron chi connectivity index (χ0n) is 14.2. The van der Waals surface area contributed by atoms with Crippen molar-refractivity contribution in [2.24, 2.45) is 0 Å². The van der Waals surface area contributed by atoms with Gasteiger partial charge in [0.1, 0.15) is 6.54 Å². The summed E-state index contributed by atoms with van der Waals surface area (Å²) >= 11 is 1.70. The molecule has 1 aliphatic carbocycles. The van der Waals surface area contributed by atoms with Crippen molar-refractivity contribution in [3.8, 4) is 0 Å². The van der Waals surface area contributed by atoms with Crippen LogP contribution in [0.3, 0.4) is 0 Å². The van der Waals surface area contributed by atoms with Crippen LogP contribution in [-0.4, -0.2) is 41.6 Å². The highest BCUT2D eigenvalue weighted by Crippen LogP contribution is 2.42. The average molecular weight is 344 g/mol. The summed E-state index contributed by atoms with van der Waals surface area (Å²) in [5, 5.41) is 3.04. The Morgan fingerprint density at radius 1 is 1.33 bits per heavy atom. The normalized spacial score (nSPS) is 25.5. The molecule has 2 fully saturated rings. The third kappa shape index (κ3) is 3.51. The number of benzene rings is 1. The maximum Gasteiger partial charge on any atom is 0.261 e. The van der Waals surface area contributed by atoms with E-state index < -0.39 is 0 Å². The lowest BCUT2D eigenvalue weighted by molar-refractivity contribution is -0.135. The van der Waals surface area contributed by atoms with Crippen molar-refractivity contribution in [2.75, 3.05) is 13.6 Å². The summed E-state index contributed by atoms with van der Waals surface area (Å²) < 4.78 is 0. The van der Waals surface area contributed by atoms with Crippen molar-refractivity contribution < 1.29 is 9.59 Å². The van der Waals surface area contributed by atoms with Crippen LogP contribution < -0.4 is 5.32 Å². The maximum atomic E-state index is 13.0. The first-order valence-corrected chi connectivity index (χ1v) is 9.43. The van der Waals surface area contributed by atoms with Crippen LogP contribution in [0.15, 0.2) is 29.2 Å². The van der Waals surface area contributed by atoms with Crippen molar-refractivity contribution in [3.05, 3.63) is 40.3 Å². The molecule has 2 aliphatic rings. The Labute approximate surface area is 147 Å². The first kappa shape index (κ1) is 17.1. The number of aryl methyl sites for hydroxylation is 1. The molecule has 1 N–H and O–H groups in total. The summed E-state index contributed by atoms with van der Waals surface area (Å²) in [7, 11) is 1.62. The lowest BCUT2D eigenvalue weighted by Gasteiger charge is -2.43. The highest BCUT2D eigenvalue weighted by Gasteiger charge is 2.41. The van der Waals surface area contributed by atoms with E-state index in [0.29, 0.717) is 5.25 Å². The Morgan fingerprint density at radius 2 is 2.08 bits per heavy atom. The first-order chi connectivity index (χ1) is 11.6. The average Bonchev–Trinajstić information content (AvgIpc) is 2.60. The maximum absolute atomic E-state index is 13.0. The van der Waals surface area contributed by atoms with Gasteiger partial charge in [-0.1, -0.05) is 37.1 Å². The highest BCUT2D eigenvalue weighted by atomic mass is 32.2. The Bertz CT molecular complexity index is 671. The van der Waals surface area contributed by atoms with Gasteiger partial charge in [-0.05, 0) is 37.0 Å². The van der Waals surface area contributed by atoms with Gasteiger partial charge in [-0.3, -0.25) is 9.59 Å². The largest absolute Gasteiger partial charge is 0.358 e. The van der Waals surface area contributed by atoms with E-state index in [0.717, 1.165) is 35.3 Å². The molecule has 2 atom stereocenters. The molecule has 24 heavy (non-hydrogen) atoms. The molecule has 2 unspecified atom stereocenters. The van der Waals surface area contributed by atoms with Crippen molar-refractivity contribution >= 4 is 29.7 Å². The molecule has 0 bridgehead atoms. The van der Waals surface area contributed by atoms with Gasteiger partial charge in [0, 0.05) is 18.3 Å².